The summed E-state index contributed by atoms with van der Waals surface area (Å²) in [6.07, 6.45) is 1.75. The Morgan fingerprint density at radius 2 is 1.91 bits per heavy atom. The van der Waals surface area contributed by atoms with Gasteiger partial charge in [0.2, 0.25) is 0 Å². The minimum absolute atomic E-state index is 0.00385. The quantitative estimate of drug-likeness (QED) is 0.918. The third-order valence-electron chi connectivity index (χ3n) is 4.53. The van der Waals surface area contributed by atoms with Crippen LogP contribution in [0.15, 0.2) is 24.3 Å². The second-order valence-electron chi connectivity index (χ2n) is 5.86. The fourth-order valence-electron chi connectivity index (χ4n) is 3.30. The van der Waals surface area contributed by atoms with Crippen molar-refractivity contribution in [1.82, 2.24) is 15.1 Å². The molecule has 0 bridgehead atoms. The average Bonchev–Trinajstić information content (AvgIpc) is 3.24. The Labute approximate surface area is 128 Å². The molecular weight excluding hydrogens is 282 g/mol. The summed E-state index contributed by atoms with van der Waals surface area (Å²) >= 11 is 0. The molecule has 4 rings (SSSR count). The fraction of sp³-hybridized carbons (Fsp3) is 0.500. The van der Waals surface area contributed by atoms with E-state index in [2.05, 4.69) is 10.2 Å². The Hall–Kier alpha value is -1.92. The molecule has 0 saturated carbocycles. The van der Waals surface area contributed by atoms with Crippen LogP contribution >= 0.6 is 0 Å². The number of likely N-dealkylation sites (tertiary alicyclic amines) is 1. The van der Waals surface area contributed by atoms with E-state index in [1.165, 1.54) is 0 Å². The highest BCUT2D eigenvalue weighted by molar-refractivity contribution is 6.04. The number of nitrogens with zero attached hydrogens (tertiary/aromatic N) is 2. The topological polar surface area (TPSA) is 67.5 Å². The Morgan fingerprint density at radius 3 is 2.68 bits per heavy atom. The maximum absolute atomic E-state index is 12.7. The maximum Gasteiger partial charge on any atom is 0.274 e. The molecule has 0 atom stereocenters. The van der Waals surface area contributed by atoms with Gasteiger partial charge in [0.05, 0.1) is 18.7 Å². The fourth-order valence-corrected chi connectivity index (χ4v) is 3.30. The summed E-state index contributed by atoms with van der Waals surface area (Å²) in [5, 5.41) is 8.01. The number of amides is 1. The van der Waals surface area contributed by atoms with Crippen molar-refractivity contribution < 1.29 is 14.3 Å². The first-order valence-corrected chi connectivity index (χ1v) is 7.78. The predicted molar refractivity (Wildman–Crippen MR) is 80.4 cm³/mol. The summed E-state index contributed by atoms with van der Waals surface area (Å²) in [4.78, 5) is 14.6. The van der Waals surface area contributed by atoms with Crippen LogP contribution in [-0.2, 0) is 9.47 Å². The number of para-hydroxylation sites is 1. The van der Waals surface area contributed by atoms with Crippen LogP contribution in [-0.4, -0.2) is 53.6 Å². The van der Waals surface area contributed by atoms with Gasteiger partial charge in [-0.1, -0.05) is 18.2 Å². The first kappa shape index (κ1) is 13.7. The number of aromatic amines is 1. The number of H-pyrrole nitrogens is 1. The predicted octanol–water partition coefficient (Wildman–Crippen LogP) is 1.79. The van der Waals surface area contributed by atoms with Crippen molar-refractivity contribution in [2.45, 2.75) is 19.1 Å². The van der Waals surface area contributed by atoms with Gasteiger partial charge in [-0.3, -0.25) is 9.89 Å². The lowest BCUT2D eigenvalue weighted by Gasteiger charge is -2.33. The first-order chi connectivity index (χ1) is 10.8. The van der Waals surface area contributed by atoms with Gasteiger partial charge in [-0.2, -0.15) is 5.10 Å². The number of hydrogen-bond donors (Lipinski definition) is 1. The monoisotopic (exact) mass is 301 g/mol. The van der Waals surface area contributed by atoms with Crippen LogP contribution < -0.4 is 0 Å². The van der Waals surface area contributed by atoms with Crippen molar-refractivity contribution in [3.8, 4) is 0 Å². The van der Waals surface area contributed by atoms with E-state index in [9.17, 15) is 4.79 Å². The highest BCUT2D eigenvalue weighted by Crippen LogP contribution is 2.27. The number of carbonyl (C=O) groups is 1. The van der Waals surface area contributed by atoms with Gasteiger partial charge < -0.3 is 14.4 Å². The summed E-state index contributed by atoms with van der Waals surface area (Å²) in [5.74, 6) is 0.395. The van der Waals surface area contributed by atoms with Gasteiger partial charge in [0.15, 0.2) is 12.0 Å². The standard InChI is InChI=1S/C16H19N3O3/c20-15(14-12-3-1-2-4-13(12)17-18-14)19-7-5-11(6-8-19)16-21-9-10-22-16/h1-4,11,16H,5-10H2,(H,17,18). The van der Waals surface area contributed by atoms with Gasteiger partial charge in [0.1, 0.15) is 0 Å². The molecule has 2 saturated heterocycles. The van der Waals surface area contributed by atoms with Gasteiger partial charge >= 0.3 is 0 Å². The number of fused-ring (bicyclic) bond motifs is 1. The van der Waals surface area contributed by atoms with E-state index in [0.29, 0.717) is 24.8 Å². The van der Waals surface area contributed by atoms with E-state index < -0.39 is 0 Å². The third-order valence-corrected chi connectivity index (χ3v) is 4.53. The van der Waals surface area contributed by atoms with Crippen molar-refractivity contribution in [1.29, 1.82) is 0 Å². The molecule has 1 N–H and O–H groups in total. The van der Waals surface area contributed by atoms with E-state index in [0.717, 1.165) is 36.8 Å². The second kappa shape index (κ2) is 5.70. The second-order valence-corrected chi connectivity index (χ2v) is 5.86. The number of benzene rings is 1. The van der Waals surface area contributed by atoms with Crippen LogP contribution in [0.5, 0.6) is 0 Å². The highest BCUT2D eigenvalue weighted by Gasteiger charge is 2.32. The Balaban J connectivity index is 1.45. The Bertz CT molecular complexity index is 670. The lowest BCUT2D eigenvalue weighted by atomic mass is 9.96. The van der Waals surface area contributed by atoms with Crippen LogP contribution in [0.4, 0.5) is 0 Å². The molecule has 22 heavy (non-hydrogen) atoms. The number of carbonyl (C=O) groups excluding carboxylic acids is 1. The van der Waals surface area contributed by atoms with E-state index >= 15 is 0 Å². The van der Waals surface area contributed by atoms with Crippen LogP contribution in [0.1, 0.15) is 23.3 Å². The van der Waals surface area contributed by atoms with Gasteiger partial charge in [-0.05, 0) is 18.9 Å². The van der Waals surface area contributed by atoms with Gasteiger partial charge in [0.25, 0.3) is 5.91 Å². The molecule has 0 unspecified atom stereocenters. The average molecular weight is 301 g/mol. The first-order valence-electron chi connectivity index (χ1n) is 7.78. The van der Waals surface area contributed by atoms with Crippen LogP contribution in [0, 0.1) is 5.92 Å². The molecule has 2 aromatic rings. The molecule has 1 aromatic heterocycles. The Kier molecular flexibility index (Phi) is 3.56. The molecule has 0 spiro atoms. The van der Waals surface area contributed by atoms with E-state index in [-0.39, 0.29) is 12.2 Å². The molecule has 116 valence electrons. The molecule has 2 aliphatic rings. The number of piperidine rings is 1. The van der Waals surface area contributed by atoms with Crippen LogP contribution in [0.25, 0.3) is 10.9 Å². The van der Waals surface area contributed by atoms with Crippen LogP contribution in [0.2, 0.25) is 0 Å². The van der Waals surface area contributed by atoms with Crippen LogP contribution in [0.3, 0.4) is 0 Å². The molecule has 1 amide bonds. The van der Waals surface area contributed by atoms with Gasteiger partial charge in [-0.15, -0.1) is 0 Å². The molecule has 0 radical (unpaired) electrons. The number of hydrogen-bond acceptors (Lipinski definition) is 4. The Morgan fingerprint density at radius 1 is 1.18 bits per heavy atom. The zero-order valence-corrected chi connectivity index (χ0v) is 12.3. The molecular formula is C16H19N3O3. The van der Waals surface area contributed by atoms with Crippen molar-refractivity contribution in [2.24, 2.45) is 5.92 Å². The third kappa shape index (κ3) is 2.38. The SMILES string of the molecule is O=C(c1n[nH]c2ccccc12)N1CCC(C2OCCO2)CC1. The van der Waals surface area contributed by atoms with Gasteiger partial charge in [-0.25, -0.2) is 0 Å². The summed E-state index contributed by atoms with van der Waals surface area (Å²) < 4.78 is 11.2. The molecule has 2 fully saturated rings. The zero-order valence-electron chi connectivity index (χ0n) is 12.3. The minimum Gasteiger partial charge on any atom is -0.350 e. The lowest BCUT2D eigenvalue weighted by Crippen LogP contribution is -2.41. The minimum atomic E-state index is -0.0801. The smallest absolute Gasteiger partial charge is 0.274 e. The zero-order chi connectivity index (χ0) is 14.9. The lowest BCUT2D eigenvalue weighted by molar-refractivity contribution is -0.0956. The van der Waals surface area contributed by atoms with Crippen molar-refractivity contribution in [2.75, 3.05) is 26.3 Å². The van der Waals surface area contributed by atoms with Gasteiger partial charge in [0, 0.05) is 24.4 Å². The summed E-state index contributed by atoms with van der Waals surface area (Å²) in [6, 6.07) is 7.72. The van der Waals surface area contributed by atoms with Crippen molar-refractivity contribution >= 4 is 16.8 Å². The van der Waals surface area contributed by atoms with Crippen molar-refractivity contribution in [3.05, 3.63) is 30.0 Å². The number of aromatic nitrogens is 2. The van der Waals surface area contributed by atoms with E-state index in [1.807, 2.05) is 29.2 Å². The largest absolute Gasteiger partial charge is 0.350 e. The molecule has 3 heterocycles. The highest BCUT2D eigenvalue weighted by atomic mass is 16.7. The molecule has 2 aliphatic heterocycles. The summed E-state index contributed by atoms with van der Waals surface area (Å²) in [6.45, 7) is 2.83. The number of nitrogens with one attached hydrogen (secondary N) is 1. The molecule has 6 heteroatoms. The number of rotatable bonds is 2. The summed E-state index contributed by atoms with van der Waals surface area (Å²) in [7, 11) is 0. The normalized spacial score (nSPS) is 20.8. The van der Waals surface area contributed by atoms with E-state index in [1.54, 1.807) is 0 Å². The van der Waals surface area contributed by atoms with E-state index in [4.69, 9.17) is 9.47 Å². The number of ether oxygens (including phenoxy) is 2. The molecule has 0 aliphatic carbocycles. The molecule has 6 nitrogen and oxygen atoms in total. The van der Waals surface area contributed by atoms with Crippen molar-refractivity contribution in [3.63, 3.8) is 0 Å². The summed E-state index contributed by atoms with van der Waals surface area (Å²) in [5.41, 5.74) is 1.41. The maximum atomic E-state index is 12.7. The molecule has 1 aromatic carbocycles.